The lowest BCUT2D eigenvalue weighted by molar-refractivity contribution is -0.132. The molecule has 1 saturated heterocycles. The van der Waals surface area contributed by atoms with Gasteiger partial charge in [0.1, 0.15) is 5.76 Å². The lowest BCUT2D eigenvalue weighted by Gasteiger charge is -2.24. The summed E-state index contributed by atoms with van der Waals surface area (Å²) in [4.78, 5) is 20.5. The van der Waals surface area contributed by atoms with Gasteiger partial charge < -0.3 is 13.8 Å². The molecule has 0 bridgehead atoms. The third-order valence-corrected chi connectivity index (χ3v) is 3.94. The molecule has 2 aromatic heterocycles. The van der Waals surface area contributed by atoms with Crippen molar-refractivity contribution >= 4 is 5.91 Å². The first-order valence-corrected chi connectivity index (χ1v) is 7.44. The van der Waals surface area contributed by atoms with E-state index >= 15 is 0 Å². The van der Waals surface area contributed by atoms with Gasteiger partial charge in [-0.2, -0.15) is 4.98 Å². The van der Waals surface area contributed by atoms with Crippen LogP contribution in [-0.2, 0) is 11.3 Å². The maximum atomic E-state index is 12.4. The zero-order chi connectivity index (χ0) is 15.5. The van der Waals surface area contributed by atoms with Crippen LogP contribution in [0, 0.1) is 6.92 Å². The van der Waals surface area contributed by atoms with E-state index in [1.54, 1.807) is 25.1 Å². The fourth-order valence-corrected chi connectivity index (χ4v) is 2.78. The number of likely N-dealkylation sites (N-methyl/N-ethyl adjacent to an activating group) is 1. The Morgan fingerprint density at radius 1 is 1.55 bits per heavy atom. The third-order valence-electron chi connectivity index (χ3n) is 3.94. The first kappa shape index (κ1) is 14.8. The number of carbonyl (C=O) groups is 1. The Morgan fingerprint density at radius 3 is 3.09 bits per heavy atom. The van der Waals surface area contributed by atoms with E-state index in [9.17, 15) is 4.79 Å². The van der Waals surface area contributed by atoms with E-state index in [4.69, 9.17) is 8.94 Å². The average molecular weight is 304 g/mol. The summed E-state index contributed by atoms with van der Waals surface area (Å²) in [5, 5.41) is 3.99. The van der Waals surface area contributed by atoms with Crippen LogP contribution in [0.3, 0.4) is 0 Å². The highest BCUT2D eigenvalue weighted by Gasteiger charge is 2.31. The van der Waals surface area contributed by atoms with E-state index in [0.717, 1.165) is 25.1 Å². The minimum Gasteiger partial charge on any atom is -0.467 e. The Kier molecular flexibility index (Phi) is 4.24. The largest absolute Gasteiger partial charge is 0.467 e. The molecule has 3 rings (SSSR count). The Hall–Kier alpha value is -2.15. The Labute approximate surface area is 128 Å². The van der Waals surface area contributed by atoms with E-state index in [2.05, 4.69) is 15.0 Å². The normalized spacial score (nSPS) is 18.7. The summed E-state index contributed by atoms with van der Waals surface area (Å²) in [6, 6.07) is 3.76. The Balaban J connectivity index is 1.60. The van der Waals surface area contributed by atoms with Crippen molar-refractivity contribution in [3.8, 4) is 0 Å². The monoisotopic (exact) mass is 304 g/mol. The lowest BCUT2D eigenvalue weighted by Crippen LogP contribution is -2.38. The highest BCUT2D eigenvalue weighted by Crippen LogP contribution is 2.29. The third kappa shape index (κ3) is 3.19. The predicted octanol–water partition coefficient (Wildman–Crippen LogP) is 1.77. The highest BCUT2D eigenvalue weighted by molar-refractivity contribution is 5.78. The second kappa shape index (κ2) is 6.31. The van der Waals surface area contributed by atoms with Gasteiger partial charge in [0.2, 0.25) is 11.8 Å². The highest BCUT2D eigenvalue weighted by atomic mass is 16.5. The van der Waals surface area contributed by atoms with Crippen molar-refractivity contribution in [2.45, 2.75) is 32.4 Å². The molecule has 7 nitrogen and oxygen atoms in total. The fourth-order valence-electron chi connectivity index (χ4n) is 2.78. The van der Waals surface area contributed by atoms with Gasteiger partial charge in [0.25, 0.3) is 0 Å². The average Bonchev–Trinajstić information content (AvgIpc) is 3.20. The van der Waals surface area contributed by atoms with Gasteiger partial charge in [-0.15, -0.1) is 0 Å². The molecule has 7 heteroatoms. The van der Waals surface area contributed by atoms with Gasteiger partial charge in [0, 0.05) is 14.0 Å². The van der Waals surface area contributed by atoms with E-state index < -0.39 is 0 Å². The van der Waals surface area contributed by atoms with Gasteiger partial charge in [-0.3, -0.25) is 9.69 Å². The van der Waals surface area contributed by atoms with Crippen LogP contribution in [0.15, 0.2) is 27.3 Å². The molecule has 0 radical (unpaired) electrons. The number of carbonyl (C=O) groups excluding carboxylic acids is 1. The minimum atomic E-state index is 0.0588. The Morgan fingerprint density at radius 2 is 2.41 bits per heavy atom. The number of hydrogen-bond acceptors (Lipinski definition) is 6. The molecule has 0 unspecified atom stereocenters. The van der Waals surface area contributed by atoms with Crippen molar-refractivity contribution in [3.63, 3.8) is 0 Å². The first-order chi connectivity index (χ1) is 10.6. The fraction of sp³-hybridized carbons (Fsp3) is 0.533. The molecule has 3 heterocycles. The summed E-state index contributed by atoms with van der Waals surface area (Å²) < 4.78 is 10.3. The molecule has 2 aromatic rings. The number of aryl methyl sites for hydroxylation is 1. The molecule has 1 aliphatic heterocycles. The number of aromatic nitrogens is 2. The number of likely N-dealkylation sites (tertiary alicyclic amines) is 1. The smallest absolute Gasteiger partial charge is 0.236 e. The Bertz CT molecular complexity index is 623. The number of rotatable bonds is 5. The molecule has 1 atom stereocenters. The standard InChI is InChI=1S/C15H20N4O3/c1-11-16-15(17-22-11)13-6-3-7-19(13)10-14(20)18(2)9-12-5-4-8-21-12/h4-5,8,13H,3,6-7,9-10H2,1-2H3/t13-/m0/s1. The van der Waals surface area contributed by atoms with Crippen molar-refractivity contribution in [2.24, 2.45) is 0 Å². The van der Waals surface area contributed by atoms with Crippen molar-refractivity contribution in [2.75, 3.05) is 20.1 Å². The van der Waals surface area contributed by atoms with Gasteiger partial charge in [0.05, 0.1) is 25.4 Å². The second-order valence-corrected chi connectivity index (χ2v) is 5.63. The topological polar surface area (TPSA) is 75.6 Å². The van der Waals surface area contributed by atoms with E-state index in [-0.39, 0.29) is 11.9 Å². The molecular weight excluding hydrogens is 284 g/mol. The van der Waals surface area contributed by atoms with Crippen LogP contribution >= 0.6 is 0 Å². The van der Waals surface area contributed by atoms with Gasteiger partial charge in [-0.1, -0.05) is 5.16 Å². The SMILES string of the molecule is Cc1nc([C@@H]2CCCN2CC(=O)N(C)Cc2ccco2)no1. The molecule has 1 fully saturated rings. The van der Waals surface area contributed by atoms with Crippen molar-refractivity contribution in [1.82, 2.24) is 19.9 Å². The van der Waals surface area contributed by atoms with E-state index in [1.807, 2.05) is 12.1 Å². The molecule has 1 amide bonds. The zero-order valence-corrected chi connectivity index (χ0v) is 12.9. The summed E-state index contributed by atoms with van der Waals surface area (Å²) in [7, 11) is 1.79. The minimum absolute atomic E-state index is 0.0588. The number of amides is 1. The maximum Gasteiger partial charge on any atom is 0.236 e. The van der Waals surface area contributed by atoms with Crippen LogP contribution in [0.1, 0.15) is 36.4 Å². The maximum absolute atomic E-state index is 12.4. The van der Waals surface area contributed by atoms with Crippen LogP contribution in [0.25, 0.3) is 0 Å². The molecule has 118 valence electrons. The second-order valence-electron chi connectivity index (χ2n) is 5.63. The quantitative estimate of drug-likeness (QED) is 0.838. The molecule has 0 saturated carbocycles. The van der Waals surface area contributed by atoms with Crippen LogP contribution < -0.4 is 0 Å². The van der Waals surface area contributed by atoms with E-state index in [1.165, 1.54) is 0 Å². The summed E-state index contributed by atoms with van der Waals surface area (Å²) in [6.45, 7) is 3.48. The van der Waals surface area contributed by atoms with Gasteiger partial charge in [0.15, 0.2) is 5.82 Å². The number of hydrogen-bond donors (Lipinski definition) is 0. The molecule has 22 heavy (non-hydrogen) atoms. The van der Waals surface area contributed by atoms with Crippen LogP contribution in [0.4, 0.5) is 0 Å². The zero-order valence-electron chi connectivity index (χ0n) is 12.9. The van der Waals surface area contributed by atoms with Crippen LogP contribution in [0.2, 0.25) is 0 Å². The van der Waals surface area contributed by atoms with Crippen molar-refractivity contribution in [1.29, 1.82) is 0 Å². The molecule has 0 spiro atoms. The molecule has 0 aliphatic carbocycles. The van der Waals surface area contributed by atoms with Crippen molar-refractivity contribution < 1.29 is 13.7 Å². The molecule has 1 aliphatic rings. The predicted molar refractivity (Wildman–Crippen MR) is 77.8 cm³/mol. The van der Waals surface area contributed by atoms with Crippen molar-refractivity contribution in [3.05, 3.63) is 35.9 Å². The molecular formula is C15H20N4O3. The number of nitrogens with zero attached hydrogens (tertiary/aromatic N) is 4. The van der Waals surface area contributed by atoms with Gasteiger partial charge in [-0.05, 0) is 31.5 Å². The summed E-state index contributed by atoms with van der Waals surface area (Å²) >= 11 is 0. The lowest BCUT2D eigenvalue weighted by atomic mass is 10.2. The van der Waals surface area contributed by atoms with Gasteiger partial charge in [-0.25, -0.2) is 0 Å². The molecule has 0 aromatic carbocycles. The van der Waals surface area contributed by atoms with Crippen LogP contribution in [-0.4, -0.2) is 46.0 Å². The summed E-state index contributed by atoms with van der Waals surface area (Å²) in [5.41, 5.74) is 0. The number of furan rings is 1. The summed E-state index contributed by atoms with van der Waals surface area (Å²) in [5.74, 6) is 2.07. The van der Waals surface area contributed by atoms with E-state index in [0.29, 0.717) is 24.8 Å². The van der Waals surface area contributed by atoms with Gasteiger partial charge >= 0.3 is 0 Å². The van der Waals surface area contributed by atoms with Crippen LogP contribution in [0.5, 0.6) is 0 Å². The first-order valence-electron chi connectivity index (χ1n) is 7.44. The molecule has 0 N–H and O–H groups in total. The summed E-state index contributed by atoms with van der Waals surface area (Å²) in [6.07, 6.45) is 3.60.